The van der Waals surface area contributed by atoms with Crippen molar-refractivity contribution in [2.45, 2.75) is 25.7 Å². The minimum absolute atomic E-state index is 0.0226. The van der Waals surface area contributed by atoms with E-state index in [0.29, 0.717) is 33.4 Å². The Balaban J connectivity index is 1.78. The zero-order chi connectivity index (χ0) is 28.6. The number of rotatable bonds is 3. The fourth-order valence-corrected chi connectivity index (χ4v) is 6.38. The molecule has 0 radical (unpaired) electrons. The molecule has 0 unspecified atom stereocenters. The molecule has 4 aromatic carbocycles. The molecule has 0 aromatic heterocycles. The zero-order valence-electron chi connectivity index (χ0n) is 22.2. The molecule has 6 rings (SSSR count). The fourth-order valence-electron chi connectivity index (χ4n) is 6.38. The molecule has 0 aliphatic heterocycles. The minimum Gasteiger partial charge on any atom is -0.507 e. The van der Waals surface area contributed by atoms with Crippen molar-refractivity contribution in [1.82, 2.24) is 0 Å². The van der Waals surface area contributed by atoms with Crippen LogP contribution in [-0.4, -0.2) is 46.2 Å². The van der Waals surface area contributed by atoms with Crippen LogP contribution in [0.1, 0.15) is 77.1 Å². The van der Waals surface area contributed by atoms with Gasteiger partial charge in [-0.2, -0.15) is 0 Å². The van der Waals surface area contributed by atoms with Crippen molar-refractivity contribution in [3.05, 3.63) is 104 Å². The molecule has 2 atom stereocenters. The topological polar surface area (TPSA) is 134 Å². The molecule has 8 nitrogen and oxygen atoms in total. The zero-order valence-corrected chi connectivity index (χ0v) is 22.2. The van der Waals surface area contributed by atoms with Gasteiger partial charge in [0.15, 0.2) is 23.0 Å². The second-order valence-corrected chi connectivity index (χ2v) is 10.3. The molecule has 0 fully saturated rings. The molecule has 4 N–H and O–H groups in total. The summed E-state index contributed by atoms with van der Waals surface area (Å²) < 4.78 is 10.6. The van der Waals surface area contributed by atoms with Gasteiger partial charge in [0.2, 0.25) is 11.6 Å². The molecule has 0 bridgehead atoms. The lowest BCUT2D eigenvalue weighted by Crippen LogP contribution is -2.30. The third kappa shape index (κ3) is 3.32. The van der Waals surface area contributed by atoms with Gasteiger partial charge in [-0.1, -0.05) is 24.3 Å². The second kappa shape index (κ2) is 8.77. The summed E-state index contributed by atoms with van der Waals surface area (Å²) in [5.41, 5.74) is 3.30. The van der Waals surface area contributed by atoms with Crippen LogP contribution in [0.2, 0.25) is 0 Å². The van der Waals surface area contributed by atoms with Crippen molar-refractivity contribution in [1.29, 1.82) is 0 Å². The molecule has 40 heavy (non-hydrogen) atoms. The summed E-state index contributed by atoms with van der Waals surface area (Å²) in [6, 6.07) is 13.1. The molecular formula is C32H26O8. The van der Waals surface area contributed by atoms with E-state index in [1.165, 1.54) is 26.4 Å². The highest BCUT2D eigenvalue weighted by Crippen LogP contribution is 2.57. The van der Waals surface area contributed by atoms with E-state index in [1.54, 1.807) is 50.2 Å². The predicted molar refractivity (Wildman–Crippen MR) is 146 cm³/mol. The van der Waals surface area contributed by atoms with Crippen molar-refractivity contribution in [3.63, 3.8) is 0 Å². The Morgan fingerprint density at radius 1 is 0.550 bits per heavy atom. The van der Waals surface area contributed by atoms with E-state index in [1.807, 2.05) is 0 Å². The van der Waals surface area contributed by atoms with Gasteiger partial charge in [0.1, 0.15) is 11.5 Å². The molecule has 0 spiro atoms. The van der Waals surface area contributed by atoms with E-state index in [4.69, 9.17) is 9.47 Å². The lowest BCUT2D eigenvalue weighted by atomic mass is 9.63. The molecule has 4 aromatic rings. The Hall–Kier alpha value is -4.98. The van der Waals surface area contributed by atoms with Gasteiger partial charge < -0.3 is 29.9 Å². The number of phenolic OH excluding ortho intramolecular Hbond substituents is 4. The second-order valence-electron chi connectivity index (χ2n) is 10.3. The molecule has 2 aliphatic carbocycles. The lowest BCUT2D eigenvalue weighted by Gasteiger charge is -2.39. The summed E-state index contributed by atoms with van der Waals surface area (Å²) in [6.07, 6.45) is 0. The molecule has 202 valence electrons. The number of aryl methyl sites for hydroxylation is 2. The first-order valence-electron chi connectivity index (χ1n) is 12.6. The third-order valence-corrected chi connectivity index (χ3v) is 7.95. The van der Waals surface area contributed by atoms with Crippen molar-refractivity contribution < 1.29 is 39.5 Å². The average molecular weight is 539 g/mol. The maximum atomic E-state index is 13.8. The standard InChI is InChI=1S/C32H26O8/c1-13-9-17-23(15-5-7-21(39-3)29(35)27(15)31(37)25(17)19(33)11-13)24-16-6-8-22(40-4)30(36)28(16)32(38)26-18(24)10-14(2)12-20(26)34/h5-12,23-24,33-36H,1-4H3/t23-,24-/m1/s1. The Kier molecular flexibility index (Phi) is 5.55. The highest BCUT2D eigenvalue weighted by atomic mass is 16.5. The number of carbonyl (C=O) groups is 2. The van der Waals surface area contributed by atoms with Crippen LogP contribution >= 0.6 is 0 Å². The summed E-state index contributed by atoms with van der Waals surface area (Å²) in [6.45, 7) is 3.59. The van der Waals surface area contributed by atoms with Crippen LogP contribution in [0.25, 0.3) is 0 Å². The predicted octanol–water partition coefficient (Wildman–Crippen LogP) is 5.20. The maximum Gasteiger partial charge on any atom is 0.201 e. The SMILES string of the molecule is COc1ccc2c(c1O)C(=O)c1c(O)cc(C)cc1[C@@H]2[C@H]1c2cc(C)cc(O)c2C(=O)c2c1ccc(OC)c2O. The van der Waals surface area contributed by atoms with Gasteiger partial charge >= 0.3 is 0 Å². The number of hydrogen-bond acceptors (Lipinski definition) is 8. The largest absolute Gasteiger partial charge is 0.507 e. The quantitative estimate of drug-likeness (QED) is 0.280. The summed E-state index contributed by atoms with van der Waals surface area (Å²) in [5.74, 6) is -3.58. The fraction of sp³-hybridized carbons (Fsp3) is 0.188. The number of hydrogen-bond donors (Lipinski definition) is 4. The van der Waals surface area contributed by atoms with Crippen LogP contribution in [0, 0.1) is 13.8 Å². The summed E-state index contributed by atoms with van der Waals surface area (Å²) in [4.78, 5) is 27.6. The normalized spacial score (nSPS) is 17.0. The molecule has 8 heteroatoms. The molecule has 0 saturated heterocycles. The Morgan fingerprint density at radius 3 is 1.27 bits per heavy atom. The van der Waals surface area contributed by atoms with Gasteiger partial charge in [-0.3, -0.25) is 9.59 Å². The van der Waals surface area contributed by atoms with Crippen LogP contribution in [0.5, 0.6) is 34.5 Å². The van der Waals surface area contributed by atoms with Gasteiger partial charge in [0, 0.05) is 11.8 Å². The van der Waals surface area contributed by atoms with Crippen LogP contribution in [0.15, 0.2) is 48.5 Å². The molecular weight excluding hydrogens is 512 g/mol. The van der Waals surface area contributed by atoms with Crippen molar-refractivity contribution >= 4 is 11.6 Å². The van der Waals surface area contributed by atoms with Crippen LogP contribution in [0.4, 0.5) is 0 Å². The first-order chi connectivity index (χ1) is 19.1. The number of aromatic hydroxyl groups is 4. The van der Waals surface area contributed by atoms with Gasteiger partial charge in [-0.15, -0.1) is 0 Å². The Labute approximate surface area is 229 Å². The summed E-state index contributed by atoms with van der Waals surface area (Å²) in [5, 5.41) is 44.3. The van der Waals surface area contributed by atoms with Gasteiger partial charge in [0.05, 0.1) is 36.5 Å². The Bertz CT molecular complexity index is 1650. The molecule has 0 heterocycles. The molecule has 0 saturated carbocycles. The van der Waals surface area contributed by atoms with Crippen LogP contribution in [-0.2, 0) is 0 Å². The number of carbonyl (C=O) groups excluding carboxylic acids is 2. The first-order valence-corrected chi connectivity index (χ1v) is 12.6. The number of ketones is 2. The van der Waals surface area contributed by atoms with Gasteiger partial charge in [0.25, 0.3) is 0 Å². The van der Waals surface area contributed by atoms with Gasteiger partial charge in [-0.25, -0.2) is 0 Å². The average Bonchev–Trinajstić information content (AvgIpc) is 2.89. The molecule has 0 amide bonds. The number of methoxy groups -OCH3 is 2. The Morgan fingerprint density at radius 2 is 0.925 bits per heavy atom. The number of phenols is 4. The van der Waals surface area contributed by atoms with Crippen molar-refractivity contribution in [2.75, 3.05) is 14.2 Å². The van der Waals surface area contributed by atoms with Crippen molar-refractivity contribution in [3.8, 4) is 34.5 Å². The number of benzene rings is 4. The van der Waals surface area contributed by atoms with Gasteiger partial charge in [-0.05, 0) is 71.5 Å². The number of fused-ring (bicyclic) bond motifs is 4. The van der Waals surface area contributed by atoms with E-state index in [9.17, 15) is 30.0 Å². The van der Waals surface area contributed by atoms with E-state index >= 15 is 0 Å². The summed E-state index contributed by atoms with van der Waals surface area (Å²) >= 11 is 0. The van der Waals surface area contributed by atoms with E-state index < -0.39 is 23.4 Å². The smallest absolute Gasteiger partial charge is 0.201 e. The maximum absolute atomic E-state index is 13.8. The first kappa shape index (κ1) is 25.3. The third-order valence-electron chi connectivity index (χ3n) is 7.95. The monoisotopic (exact) mass is 538 g/mol. The molecule has 2 aliphatic rings. The van der Waals surface area contributed by atoms with E-state index in [2.05, 4.69) is 0 Å². The highest BCUT2D eigenvalue weighted by molar-refractivity contribution is 6.18. The van der Waals surface area contributed by atoms with Crippen molar-refractivity contribution in [2.24, 2.45) is 0 Å². The summed E-state index contributed by atoms with van der Waals surface area (Å²) in [7, 11) is 2.75. The van der Waals surface area contributed by atoms with Crippen LogP contribution in [0.3, 0.4) is 0 Å². The van der Waals surface area contributed by atoms with E-state index in [-0.39, 0.29) is 56.8 Å². The van der Waals surface area contributed by atoms with E-state index in [0.717, 1.165) is 0 Å². The van der Waals surface area contributed by atoms with Crippen LogP contribution < -0.4 is 9.47 Å². The number of ether oxygens (including phenoxy) is 2. The lowest BCUT2D eigenvalue weighted by molar-refractivity contribution is 0.101. The highest BCUT2D eigenvalue weighted by Gasteiger charge is 2.46. The minimum atomic E-state index is -0.718.